The van der Waals surface area contributed by atoms with Crippen molar-refractivity contribution in [2.45, 2.75) is 25.9 Å². The highest BCUT2D eigenvalue weighted by Gasteiger charge is 2.42. The predicted octanol–water partition coefficient (Wildman–Crippen LogP) is 4.57. The van der Waals surface area contributed by atoms with Crippen LogP contribution in [-0.2, 0) is 9.53 Å². The molecule has 2 atom stereocenters. The zero-order chi connectivity index (χ0) is 17.3. The summed E-state index contributed by atoms with van der Waals surface area (Å²) in [5.41, 5.74) is 1.96. The van der Waals surface area contributed by atoms with Crippen LogP contribution in [0.2, 0.25) is 5.02 Å². The van der Waals surface area contributed by atoms with Crippen molar-refractivity contribution in [3.63, 3.8) is 0 Å². The van der Waals surface area contributed by atoms with E-state index in [-0.39, 0.29) is 11.6 Å². The maximum atomic E-state index is 12.9. The summed E-state index contributed by atoms with van der Waals surface area (Å²) in [6.45, 7) is 3.23. The third-order valence-electron chi connectivity index (χ3n) is 4.22. The topological polar surface area (TPSA) is 43.4 Å². The number of hydrogen-bond donors (Lipinski definition) is 0. The van der Waals surface area contributed by atoms with E-state index in [0.717, 1.165) is 5.56 Å². The van der Waals surface area contributed by atoms with Crippen LogP contribution in [0.3, 0.4) is 0 Å². The number of ketones is 2. The maximum Gasteiger partial charge on any atom is 0.204 e. The van der Waals surface area contributed by atoms with Gasteiger partial charge in [0.25, 0.3) is 0 Å². The molecule has 0 unspecified atom stereocenters. The SMILES string of the molecule is CC(=O)C1=C(C)O[C@@H](C(=O)c2ccccc2)[C@@H]1c1ccc(Cl)cc1. The van der Waals surface area contributed by atoms with Crippen molar-refractivity contribution in [3.8, 4) is 0 Å². The highest BCUT2D eigenvalue weighted by molar-refractivity contribution is 6.30. The second kappa shape index (κ2) is 6.62. The van der Waals surface area contributed by atoms with Gasteiger partial charge in [0.15, 0.2) is 11.9 Å². The van der Waals surface area contributed by atoms with Gasteiger partial charge in [0, 0.05) is 16.2 Å². The molecule has 1 aliphatic heterocycles. The predicted molar refractivity (Wildman–Crippen MR) is 93.2 cm³/mol. The monoisotopic (exact) mass is 340 g/mol. The Hall–Kier alpha value is -2.39. The van der Waals surface area contributed by atoms with E-state index in [2.05, 4.69) is 0 Å². The number of allylic oxidation sites excluding steroid dienone is 1. The Morgan fingerprint density at radius 3 is 2.21 bits per heavy atom. The van der Waals surface area contributed by atoms with Gasteiger partial charge >= 0.3 is 0 Å². The zero-order valence-corrected chi connectivity index (χ0v) is 14.2. The number of halogens is 1. The number of rotatable bonds is 4. The normalized spacial score (nSPS) is 20.0. The molecule has 4 heteroatoms. The third-order valence-corrected chi connectivity index (χ3v) is 4.47. The summed E-state index contributed by atoms with van der Waals surface area (Å²) in [6, 6.07) is 16.2. The van der Waals surface area contributed by atoms with Crippen LogP contribution >= 0.6 is 11.6 Å². The number of ether oxygens (including phenoxy) is 1. The smallest absolute Gasteiger partial charge is 0.204 e. The molecule has 0 bridgehead atoms. The fraction of sp³-hybridized carbons (Fsp3) is 0.200. The van der Waals surface area contributed by atoms with Crippen LogP contribution in [-0.4, -0.2) is 17.7 Å². The van der Waals surface area contributed by atoms with Crippen LogP contribution in [0, 0.1) is 0 Å². The van der Waals surface area contributed by atoms with Crippen LogP contribution < -0.4 is 0 Å². The van der Waals surface area contributed by atoms with E-state index in [1.54, 1.807) is 31.2 Å². The molecule has 0 fully saturated rings. The van der Waals surface area contributed by atoms with Crippen molar-refractivity contribution < 1.29 is 14.3 Å². The average Bonchev–Trinajstić information content (AvgIpc) is 2.93. The lowest BCUT2D eigenvalue weighted by molar-refractivity contribution is -0.113. The number of carbonyl (C=O) groups is 2. The zero-order valence-electron chi connectivity index (χ0n) is 13.5. The van der Waals surface area contributed by atoms with Crippen LogP contribution in [0.4, 0.5) is 0 Å². The molecule has 0 aromatic heterocycles. The van der Waals surface area contributed by atoms with E-state index in [0.29, 0.717) is 21.9 Å². The average molecular weight is 341 g/mol. The molecule has 1 aliphatic rings. The first-order valence-electron chi connectivity index (χ1n) is 7.72. The molecule has 0 saturated carbocycles. The Morgan fingerprint density at radius 2 is 1.62 bits per heavy atom. The van der Waals surface area contributed by atoms with Crippen LogP contribution in [0.1, 0.15) is 35.7 Å². The second-order valence-corrected chi connectivity index (χ2v) is 6.26. The molecule has 0 saturated heterocycles. The summed E-state index contributed by atoms with van der Waals surface area (Å²) < 4.78 is 5.82. The molecule has 0 aliphatic carbocycles. The summed E-state index contributed by atoms with van der Waals surface area (Å²) in [5.74, 6) is -0.133. The van der Waals surface area contributed by atoms with Crippen molar-refractivity contribution in [1.82, 2.24) is 0 Å². The number of benzene rings is 2. The molecule has 122 valence electrons. The first kappa shape index (κ1) is 16.5. The number of hydrogen-bond acceptors (Lipinski definition) is 3. The molecule has 0 radical (unpaired) electrons. The lowest BCUT2D eigenvalue weighted by Crippen LogP contribution is -2.28. The molecular weight excluding hydrogens is 324 g/mol. The van der Waals surface area contributed by atoms with Gasteiger partial charge in [-0.25, -0.2) is 0 Å². The van der Waals surface area contributed by atoms with Crippen molar-refractivity contribution in [3.05, 3.63) is 82.1 Å². The van der Waals surface area contributed by atoms with E-state index in [4.69, 9.17) is 16.3 Å². The Labute approximate surface area is 145 Å². The van der Waals surface area contributed by atoms with Gasteiger partial charge in [-0.05, 0) is 31.5 Å². The van der Waals surface area contributed by atoms with Crippen molar-refractivity contribution in [2.24, 2.45) is 0 Å². The van der Waals surface area contributed by atoms with Crippen LogP contribution in [0.15, 0.2) is 65.9 Å². The van der Waals surface area contributed by atoms with E-state index in [1.165, 1.54) is 6.92 Å². The number of carbonyl (C=O) groups excluding carboxylic acids is 2. The minimum Gasteiger partial charge on any atom is -0.485 e. The molecule has 0 amide bonds. The van der Waals surface area contributed by atoms with Gasteiger partial charge in [-0.2, -0.15) is 0 Å². The highest BCUT2D eigenvalue weighted by atomic mass is 35.5. The number of Topliss-reactive ketones (excluding diaryl/α,β-unsaturated/α-hetero) is 2. The van der Waals surface area contributed by atoms with Gasteiger partial charge in [0.2, 0.25) is 5.78 Å². The van der Waals surface area contributed by atoms with Gasteiger partial charge in [-0.15, -0.1) is 0 Å². The minimum atomic E-state index is -0.743. The minimum absolute atomic E-state index is 0.0872. The maximum absolute atomic E-state index is 12.9. The second-order valence-electron chi connectivity index (χ2n) is 5.82. The van der Waals surface area contributed by atoms with Gasteiger partial charge in [0.05, 0.1) is 5.92 Å². The Balaban J connectivity index is 2.04. The van der Waals surface area contributed by atoms with E-state index in [1.807, 2.05) is 30.3 Å². The molecular formula is C20H17ClO3. The summed E-state index contributed by atoms with van der Waals surface area (Å²) >= 11 is 5.96. The first-order chi connectivity index (χ1) is 11.5. The van der Waals surface area contributed by atoms with E-state index >= 15 is 0 Å². The van der Waals surface area contributed by atoms with Crippen molar-refractivity contribution >= 4 is 23.2 Å². The van der Waals surface area contributed by atoms with Crippen molar-refractivity contribution in [2.75, 3.05) is 0 Å². The lowest BCUT2D eigenvalue weighted by atomic mass is 9.83. The van der Waals surface area contributed by atoms with Crippen molar-refractivity contribution in [1.29, 1.82) is 0 Å². The summed E-state index contributed by atoms with van der Waals surface area (Å²) in [7, 11) is 0. The van der Waals surface area contributed by atoms with Gasteiger partial charge in [-0.1, -0.05) is 54.1 Å². The molecule has 0 spiro atoms. The molecule has 0 N–H and O–H groups in total. The molecule has 3 nitrogen and oxygen atoms in total. The van der Waals surface area contributed by atoms with E-state index < -0.39 is 12.0 Å². The van der Waals surface area contributed by atoms with Crippen LogP contribution in [0.5, 0.6) is 0 Å². The Kier molecular flexibility index (Phi) is 4.54. The first-order valence-corrected chi connectivity index (χ1v) is 8.10. The largest absolute Gasteiger partial charge is 0.485 e. The summed E-state index contributed by atoms with van der Waals surface area (Å²) in [6.07, 6.45) is -0.743. The Morgan fingerprint density at radius 1 is 1.00 bits per heavy atom. The quantitative estimate of drug-likeness (QED) is 0.766. The molecule has 2 aromatic rings. The standard InChI is InChI=1S/C20H17ClO3/c1-12(22)17-13(2)24-20(19(23)15-6-4-3-5-7-15)18(17)14-8-10-16(21)11-9-14/h3-11,18,20H,1-2H3/t18-,20-/m1/s1. The van der Waals surface area contributed by atoms with Gasteiger partial charge in [0.1, 0.15) is 5.76 Å². The highest BCUT2D eigenvalue weighted by Crippen LogP contribution is 2.41. The fourth-order valence-corrected chi connectivity index (χ4v) is 3.27. The molecule has 2 aromatic carbocycles. The molecule has 3 rings (SSSR count). The molecule has 24 heavy (non-hydrogen) atoms. The molecule has 1 heterocycles. The Bertz CT molecular complexity index is 807. The third kappa shape index (κ3) is 3.00. The summed E-state index contributed by atoms with van der Waals surface area (Å²) in [5, 5.41) is 0.605. The van der Waals surface area contributed by atoms with Gasteiger partial charge < -0.3 is 4.74 Å². The van der Waals surface area contributed by atoms with E-state index in [9.17, 15) is 9.59 Å². The fourth-order valence-electron chi connectivity index (χ4n) is 3.14. The van der Waals surface area contributed by atoms with Gasteiger partial charge in [-0.3, -0.25) is 9.59 Å². The lowest BCUT2D eigenvalue weighted by Gasteiger charge is -2.20. The van der Waals surface area contributed by atoms with Crippen LogP contribution in [0.25, 0.3) is 0 Å². The summed E-state index contributed by atoms with van der Waals surface area (Å²) in [4.78, 5) is 25.1.